The highest BCUT2D eigenvalue weighted by Crippen LogP contribution is 2.36. The minimum Gasteiger partial charge on any atom is -0.244 e. The number of nitrogens with zero attached hydrogens (tertiary/aromatic N) is 1. The summed E-state index contributed by atoms with van der Waals surface area (Å²) in [4.78, 5) is 4.19. The van der Waals surface area contributed by atoms with E-state index in [2.05, 4.69) is 52.6 Å². The van der Waals surface area contributed by atoms with Gasteiger partial charge in [-0.1, -0.05) is 53.1 Å². The highest BCUT2D eigenvalue weighted by molar-refractivity contribution is 6.30. The number of aromatic nitrogens is 1. The Bertz CT molecular complexity index is 356. The van der Waals surface area contributed by atoms with Crippen molar-refractivity contribution in [1.82, 2.24) is 4.98 Å². The Kier molecular flexibility index (Phi) is 3.16. The lowest BCUT2D eigenvalue weighted by Crippen LogP contribution is -2.22. The summed E-state index contributed by atoms with van der Waals surface area (Å²) < 4.78 is 0. The van der Waals surface area contributed by atoms with Crippen molar-refractivity contribution in [1.29, 1.82) is 0 Å². The fourth-order valence-electron chi connectivity index (χ4n) is 1.77. The molecule has 1 aromatic heterocycles. The zero-order chi connectivity index (χ0) is 11.9. The molecule has 15 heavy (non-hydrogen) atoms. The molecule has 0 fully saturated rings. The van der Waals surface area contributed by atoms with E-state index in [1.807, 2.05) is 0 Å². The minimum absolute atomic E-state index is 0.0357. The molecule has 0 spiro atoms. The molecule has 0 aliphatic carbocycles. The molecule has 0 bridgehead atoms. The van der Waals surface area contributed by atoms with Gasteiger partial charge in [0.2, 0.25) is 0 Å². The van der Waals surface area contributed by atoms with Crippen LogP contribution in [0.4, 0.5) is 0 Å². The van der Waals surface area contributed by atoms with Gasteiger partial charge >= 0.3 is 0 Å². The SMILES string of the molecule is CC(C)(C)c1ccnc(Cl)c1C(C)(C)C. The summed E-state index contributed by atoms with van der Waals surface area (Å²) in [6.07, 6.45) is 1.79. The Hall–Kier alpha value is -0.560. The number of rotatable bonds is 0. The first-order chi connectivity index (χ1) is 6.64. The van der Waals surface area contributed by atoms with Crippen molar-refractivity contribution >= 4 is 11.6 Å². The molecule has 1 rings (SSSR count). The predicted molar refractivity (Wildman–Crippen MR) is 66.6 cm³/mol. The zero-order valence-corrected chi connectivity index (χ0v) is 11.2. The number of hydrogen-bond acceptors (Lipinski definition) is 1. The lowest BCUT2D eigenvalue weighted by atomic mass is 9.76. The summed E-state index contributed by atoms with van der Waals surface area (Å²) in [5, 5.41) is 0.634. The van der Waals surface area contributed by atoms with E-state index < -0.39 is 0 Å². The number of hydrogen-bond donors (Lipinski definition) is 0. The zero-order valence-electron chi connectivity index (χ0n) is 10.5. The van der Waals surface area contributed by atoms with Crippen LogP contribution in [0.25, 0.3) is 0 Å². The maximum absolute atomic E-state index is 6.21. The van der Waals surface area contributed by atoms with Crippen molar-refractivity contribution in [2.75, 3.05) is 0 Å². The topological polar surface area (TPSA) is 12.9 Å². The predicted octanol–water partition coefficient (Wildman–Crippen LogP) is 4.33. The van der Waals surface area contributed by atoms with E-state index in [0.717, 1.165) is 0 Å². The first-order valence-electron chi connectivity index (χ1n) is 5.29. The average Bonchev–Trinajstić information content (AvgIpc) is 1.99. The third-order valence-corrected chi connectivity index (χ3v) is 2.75. The van der Waals surface area contributed by atoms with Crippen LogP contribution >= 0.6 is 11.6 Å². The van der Waals surface area contributed by atoms with Crippen LogP contribution < -0.4 is 0 Å². The quantitative estimate of drug-likeness (QED) is 0.599. The summed E-state index contributed by atoms with van der Waals surface area (Å²) in [6.45, 7) is 13.1. The molecule has 0 amide bonds. The second-order valence-corrected chi connectivity index (χ2v) is 6.38. The van der Waals surface area contributed by atoms with Gasteiger partial charge in [0.15, 0.2) is 0 Å². The molecule has 1 aromatic rings. The van der Waals surface area contributed by atoms with Crippen LogP contribution in [0.1, 0.15) is 52.7 Å². The summed E-state index contributed by atoms with van der Waals surface area (Å²) in [7, 11) is 0. The van der Waals surface area contributed by atoms with Crippen molar-refractivity contribution in [3.8, 4) is 0 Å². The van der Waals surface area contributed by atoms with Gasteiger partial charge in [-0.3, -0.25) is 0 Å². The van der Waals surface area contributed by atoms with Gasteiger partial charge in [0.25, 0.3) is 0 Å². The molecule has 0 unspecified atom stereocenters. The van der Waals surface area contributed by atoms with E-state index in [1.165, 1.54) is 11.1 Å². The molecular weight excluding hydrogens is 206 g/mol. The Labute approximate surface area is 97.9 Å². The maximum atomic E-state index is 6.21. The molecule has 0 N–H and O–H groups in total. The third-order valence-electron chi connectivity index (χ3n) is 2.46. The van der Waals surface area contributed by atoms with Gasteiger partial charge in [0.05, 0.1) is 0 Å². The fraction of sp³-hybridized carbons (Fsp3) is 0.615. The van der Waals surface area contributed by atoms with Crippen LogP contribution in [-0.4, -0.2) is 4.98 Å². The van der Waals surface area contributed by atoms with Crippen LogP contribution in [0.2, 0.25) is 5.15 Å². The Morgan fingerprint density at radius 3 is 1.87 bits per heavy atom. The van der Waals surface area contributed by atoms with Crippen molar-refractivity contribution in [3.63, 3.8) is 0 Å². The Balaban J connectivity index is 3.48. The van der Waals surface area contributed by atoms with Crippen LogP contribution in [0.3, 0.4) is 0 Å². The average molecular weight is 226 g/mol. The van der Waals surface area contributed by atoms with Gasteiger partial charge in [0.1, 0.15) is 5.15 Å². The minimum atomic E-state index is 0.0357. The van der Waals surface area contributed by atoms with Gasteiger partial charge in [-0.2, -0.15) is 0 Å². The van der Waals surface area contributed by atoms with Gasteiger partial charge in [0, 0.05) is 6.20 Å². The summed E-state index contributed by atoms with van der Waals surface area (Å²) in [5.41, 5.74) is 2.59. The van der Waals surface area contributed by atoms with Gasteiger partial charge < -0.3 is 0 Å². The molecule has 0 atom stereocenters. The first kappa shape index (κ1) is 12.5. The van der Waals surface area contributed by atoms with Crippen molar-refractivity contribution in [2.24, 2.45) is 0 Å². The van der Waals surface area contributed by atoms with Crippen LogP contribution in [0.15, 0.2) is 12.3 Å². The first-order valence-corrected chi connectivity index (χ1v) is 5.67. The second kappa shape index (κ2) is 3.79. The Morgan fingerprint density at radius 1 is 1.00 bits per heavy atom. The van der Waals surface area contributed by atoms with Crippen LogP contribution in [0, 0.1) is 0 Å². The summed E-state index contributed by atoms with van der Waals surface area (Å²) in [6, 6.07) is 2.08. The van der Waals surface area contributed by atoms with E-state index in [0.29, 0.717) is 5.15 Å². The molecule has 84 valence electrons. The van der Waals surface area contributed by atoms with Crippen molar-refractivity contribution < 1.29 is 0 Å². The highest BCUT2D eigenvalue weighted by Gasteiger charge is 2.27. The second-order valence-electron chi connectivity index (χ2n) is 6.02. The number of halogens is 1. The molecule has 0 aliphatic heterocycles. The van der Waals surface area contributed by atoms with Gasteiger partial charge in [-0.15, -0.1) is 0 Å². The van der Waals surface area contributed by atoms with Gasteiger partial charge in [-0.25, -0.2) is 4.98 Å². The lowest BCUT2D eigenvalue weighted by Gasteiger charge is -2.30. The van der Waals surface area contributed by atoms with E-state index in [-0.39, 0.29) is 10.8 Å². The highest BCUT2D eigenvalue weighted by atomic mass is 35.5. The van der Waals surface area contributed by atoms with Crippen molar-refractivity contribution in [3.05, 3.63) is 28.5 Å². The molecule has 0 saturated carbocycles. The van der Waals surface area contributed by atoms with E-state index >= 15 is 0 Å². The third kappa shape index (κ3) is 2.72. The standard InChI is InChI=1S/C13H20ClN/c1-12(2,3)9-7-8-15-11(14)10(9)13(4,5)6/h7-8H,1-6H3. The van der Waals surface area contributed by atoms with Crippen molar-refractivity contribution in [2.45, 2.75) is 52.4 Å². The lowest BCUT2D eigenvalue weighted by molar-refractivity contribution is 0.528. The normalized spacial score (nSPS) is 13.0. The van der Waals surface area contributed by atoms with E-state index in [4.69, 9.17) is 11.6 Å². The molecule has 1 heterocycles. The molecule has 0 radical (unpaired) electrons. The maximum Gasteiger partial charge on any atom is 0.133 e. The van der Waals surface area contributed by atoms with E-state index in [1.54, 1.807) is 6.20 Å². The molecule has 2 heteroatoms. The molecule has 0 aliphatic rings. The molecule has 1 nitrogen and oxygen atoms in total. The molecular formula is C13H20ClN. The van der Waals surface area contributed by atoms with Crippen LogP contribution in [0.5, 0.6) is 0 Å². The number of pyridine rings is 1. The fourth-order valence-corrected chi connectivity index (χ4v) is 2.22. The Morgan fingerprint density at radius 2 is 1.53 bits per heavy atom. The smallest absolute Gasteiger partial charge is 0.133 e. The monoisotopic (exact) mass is 225 g/mol. The van der Waals surface area contributed by atoms with E-state index in [9.17, 15) is 0 Å². The molecule has 0 aromatic carbocycles. The van der Waals surface area contributed by atoms with Gasteiger partial charge in [-0.05, 0) is 28.0 Å². The summed E-state index contributed by atoms with van der Waals surface area (Å²) in [5.74, 6) is 0. The summed E-state index contributed by atoms with van der Waals surface area (Å²) >= 11 is 6.21. The molecule has 0 saturated heterocycles. The van der Waals surface area contributed by atoms with Crippen LogP contribution in [-0.2, 0) is 10.8 Å². The largest absolute Gasteiger partial charge is 0.244 e.